The predicted molar refractivity (Wildman–Crippen MR) is 94.6 cm³/mol. The van der Waals surface area contributed by atoms with Crippen molar-refractivity contribution in [3.8, 4) is 0 Å². The minimum absolute atomic E-state index is 1.09. The zero-order valence-electron chi connectivity index (χ0n) is 12.5. The minimum atomic E-state index is 1.09. The van der Waals surface area contributed by atoms with Gasteiger partial charge in [-0.15, -0.1) is 0 Å². The molecule has 0 bridgehead atoms. The van der Waals surface area contributed by atoms with E-state index in [1.165, 1.54) is 42.3 Å². The largest absolute Gasteiger partial charge is 0.0557 e. The maximum Gasteiger partial charge on any atom is 0.0209 e. The van der Waals surface area contributed by atoms with E-state index in [1.807, 2.05) is 0 Å². The monoisotopic (exact) mass is 394 g/mol. The SMILES string of the molecule is Cc1cc(Br)c(C)c(CCc2cc(C)cc(Br)c2C)c1. The van der Waals surface area contributed by atoms with E-state index < -0.39 is 0 Å². The Labute approximate surface area is 138 Å². The molecule has 0 aromatic heterocycles. The fraction of sp³-hybridized carbons (Fsp3) is 0.333. The van der Waals surface area contributed by atoms with Crippen LogP contribution >= 0.6 is 31.9 Å². The average molecular weight is 396 g/mol. The van der Waals surface area contributed by atoms with Crippen LogP contribution in [0.4, 0.5) is 0 Å². The van der Waals surface area contributed by atoms with Gasteiger partial charge in [0.15, 0.2) is 0 Å². The first-order valence-electron chi connectivity index (χ1n) is 6.89. The third-order valence-corrected chi connectivity index (χ3v) is 5.50. The topological polar surface area (TPSA) is 0 Å². The van der Waals surface area contributed by atoms with Crippen molar-refractivity contribution in [1.29, 1.82) is 0 Å². The summed E-state index contributed by atoms with van der Waals surface area (Å²) in [5, 5.41) is 0. The van der Waals surface area contributed by atoms with E-state index in [-0.39, 0.29) is 0 Å². The van der Waals surface area contributed by atoms with Crippen molar-refractivity contribution < 1.29 is 0 Å². The summed E-state index contributed by atoms with van der Waals surface area (Å²) in [5.74, 6) is 0. The van der Waals surface area contributed by atoms with Crippen molar-refractivity contribution >= 4 is 31.9 Å². The van der Waals surface area contributed by atoms with Gasteiger partial charge in [-0.2, -0.15) is 0 Å². The Balaban J connectivity index is 2.26. The maximum atomic E-state index is 3.65. The van der Waals surface area contributed by atoms with Crippen molar-refractivity contribution in [2.45, 2.75) is 40.5 Å². The smallest absolute Gasteiger partial charge is 0.0209 e. The van der Waals surface area contributed by atoms with Crippen LogP contribution in [0.5, 0.6) is 0 Å². The molecule has 2 aromatic carbocycles. The fourth-order valence-corrected chi connectivity index (χ4v) is 3.79. The Morgan fingerprint density at radius 2 is 1.00 bits per heavy atom. The first-order valence-corrected chi connectivity index (χ1v) is 8.48. The van der Waals surface area contributed by atoms with Gasteiger partial charge in [0, 0.05) is 8.95 Å². The highest BCUT2D eigenvalue weighted by Gasteiger charge is 2.07. The Morgan fingerprint density at radius 1 is 0.650 bits per heavy atom. The molecule has 0 unspecified atom stereocenters. The summed E-state index contributed by atoms with van der Waals surface area (Å²) >= 11 is 7.31. The van der Waals surface area contributed by atoms with Crippen molar-refractivity contribution in [3.05, 3.63) is 66.6 Å². The molecule has 0 aliphatic carbocycles. The number of aryl methyl sites for hydroxylation is 4. The Bertz CT molecular complexity index is 585. The normalized spacial score (nSPS) is 10.9. The first kappa shape index (κ1) is 15.8. The van der Waals surface area contributed by atoms with Gasteiger partial charge in [0.25, 0.3) is 0 Å². The molecule has 2 rings (SSSR count). The minimum Gasteiger partial charge on any atom is -0.0557 e. The van der Waals surface area contributed by atoms with Gasteiger partial charge < -0.3 is 0 Å². The van der Waals surface area contributed by atoms with Crippen LogP contribution in [0.25, 0.3) is 0 Å². The van der Waals surface area contributed by atoms with Crippen LogP contribution in [-0.2, 0) is 12.8 Å². The zero-order chi connectivity index (χ0) is 14.9. The number of hydrogen-bond donors (Lipinski definition) is 0. The van der Waals surface area contributed by atoms with Crippen molar-refractivity contribution in [1.82, 2.24) is 0 Å². The van der Waals surface area contributed by atoms with Crippen molar-refractivity contribution in [2.24, 2.45) is 0 Å². The number of hydrogen-bond acceptors (Lipinski definition) is 0. The summed E-state index contributed by atoms with van der Waals surface area (Å²) in [6, 6.07) is 8.99. The zero-order valence-corrected chi connectivity index (χ0v) is 15.7. The highest BCUT2D eigenvalue weighted by Crippen LogP contribution is 2.26. The third-order valence-electron chi connectivity index (χ3n) is 3.86. The lowest BCUT2D eigenvalue weighted by molar-refractivity contribution is 0.931. The quantitative estimate of drug-likeness (QED) is 0.577. The summed E-state index contributed by atoms with van der Waals surface area (Å²) in [5.41, 5.74) is 8.24. The molecule has 0 radical (unpaired) electrons. The van der Waals surface area contributed by atoms with Crippen LogP contribution in [0.3, 0.4) is 0 Å². The Kier molecular flexibility index (Phi) is 5.09. The summed E-state index contributed by atoms with van der Waals surface area (Å²) in [6.07, 6.45) is 2.17. The molecule has 0 heterocycles. The molecule has 0 atom stereocenters. The van der Waals surface area contributed by atoms with Gasteiger partial charge in [-0.3, -0.25) is 0 Å². The molecule has 0 saturated heterocycles. The van der Waals surface area contributed by atoms with Gasteiger partial charge >= 0.3 is 0 Å². The van der Waals surface area contributed by atoms with Crippen LogP contribution in [0, 0.1) is 27.7 Å². The lowest BCUT2D eigenvalue weighted by atomic mass is 9.96. The third kappa shape index (κ3) is 3.53. The summed E-state index contributed by atoms with van der Waals surface area (Å²) in [6.45, 7) is 8.69. The molecule has 0 N–H and O–H groups in total. The second kappa shape index (κ2) is 6.44. The molecular weight excluding hydrogens is 376 g/mol. The van der Waals surface area contributed by atoms with Crippen LogP contribution < -0.4 is 0 Å². The summed E-state index contributed by atoms with van der Waals surface area (Å²) in [7, 11) is 0. The summed E-state index contributed by atoms with van der Waals surface area (Å²) < 4.78 is 2.43. The summed E-state index contributed by atoms with van der Waals surface area (Å²) in [4.78, 5) is 0. The molecule has 0 nitrogen and oxygen atoms in total. The highest BCUT2D eigenvalue weighted by atomic mass is 79.9. The molecular formula is C18H20Br2. The second-order valence-corrected chi connectivity index (χ2v) is 7.27. The van der Waals surface area contributed by atoms with Crippen molar-refractivity contribution in [3.63, 3.8) is 0 Å². The number of benzene rings is 2. The average Bonchev–Trinajstić information content (AvgIpc) is 2.37. The standard InChI is InChI=1S/C18H20Br2/c1-11-7-15(13(3)17(19)9-11)5-6-16-8-12(2)10-18(20)14(16)4/h7-10H,5-6H2,1-4H3. The Hall–Kier alpha value is -0.600. The van der Waals surface area contributed by atoms with E-state index in [1.54, 1.807) is 0 Å². The van der Waals surface area contributed by atoms with Gasteiger partial charge in [-0.25, -0.2) is 0 Å². The van der Waals surface area contributed by atoms with E-state index in [0.717, 1.165) is 12.8 Å². The fourth-order valence-electron chi connectivity index (χ4n) is 2.56. The molecule has 20 heavy (non-hydrogen) atoms. The lowest BCUT2D eigenvalue weighted by Gasteiger charge is -2.12. The lowest BCUT2D eigenvalue weighted by Crippen LogP contribution is -1.99. The molecule has 2 heteroatoms. The van der Waals surface area contributed by atoms with E-state index in [2.05, 4.69) is 83.8 Å². The molecule has 0 amide bonds. The van der Waals surface area contributed by atoms with E-state index in [0.29, 0.717) is 0 Å². The molecule has 0 spiro atoms. The maximum absolute atomic E-state index is 3.65. The number of halogens is 2. The van der Waals surface area contributed by atoms with Crippen LogP contribution in [-0.4, -0.2) is 0 Å². The van der Waals surface area contributed by atoms with Crippen molar-refractivity contribution in [2.75, 3.05) is 0 Å². The van der Waals surface area contributed by atoms with Crippen LogP contribution in [0.15, 0.2) is 33.2 Å². The Morgan fingerprint density at radius 3 is 1.35 bits per heavy atom. The van der Waals surface area contributed by atoms with E-state index in [4.69, 9.17) is 0 Å². The van der Waals surface area contributed by atoms with Crippen LogP contribution in [0.2, 0.25) is 0 Å². The van der Waals surface area contributed by atoms with Gasteiger partial charge in [0.1, 0.15) is 0 Å². The van der Waals surface area contributed by atoms with E-state index in [9.17, 15) is 0 Å². The molecule has 0 fully saturated rings. The molecule has 2 aromatic rings. The van der Waals surface area contributed by atoms with Gasteiger partial charge in [-0.05, 0) is 86.1 Å². The van der Waals surface area contributed by atoms with E-state index >= 15 is 0 Å². The molecule has 106 valence electrons. The van der Waals surface area contributed by atoms with Gasteiger partial charge in [0.2, 0.25) is 0 Å². The predicted octanol–water partition coefficient (Wildman–Crippen LogP) is 6.23. The molecule has 0 aliphatic rings. The highest BCUT2D eigenvalue weighted by molar-refractivity contribution is 9.10. The molecule has 0 aliphatic heterocycles. The second-order valence-electron chi connectivity index (χ2n) is 5.56. The van der Waals surface area contributed by atoms with Gasteiger partial charge in [0.05, 0.1) is 0 Å². The van der Waals surface area contributed by atoms with Gasteiger partial charge in [-0.1, -0.05) is 44.0 Å². The molecule has 0 saturated carbocycles. The van der Waals surface area contributed by atoms with Crippen LogP contribution in [0.1, 0.15) is 33.4 Å². The first-order chi connectivity index (χ1) is 9.38. The number of rotatable bonds is 3.